The highest BCUT2D eigenvalue weighted by Crippen LogP contribution is 2.09. The van der Waals surface area contributed by atoms with Gasteiger partial charge in [0.15, 0.2) is 0 Å². The minimum Gasteiger partial charge on any atom is -0.265 e. The highest BCUT2D eigenvalue weighted by atomic mass is 35.5. The summed E-state index contributed by atoms with van der Waals surface area (Å²) in [5.41, 5.74) is 1.49. The molecule has 3 nitrogen and oxygen atoms in total. The summed E-state index contributed by atoms with van der Waals surface area (Å²) in [5, 5.41) is 7.20. The van der Waals surface area contributed by atoms with Crippen molar-refractivity contribution in [3.63, 3.8) is 0 Å². The molecule has 0 spiro atoms. The van der Waals surface area contributed by atoms with Crippen LogP contribution in [0.1, 0.15) is 0 Å². The van der Waals surface area contributed by atoms with Crippen molar-refractivity contribution in [2.45, 2.75) is 5.16 Å². The van der Waals surface area contributed by atoms with E-state index in [1.807, 2.05) is 6.08 Å². The van der Waals surface area contributed by atoms with Gasteiger partial charge in [-0.25, -0.2) is 4.98 Å². The quantitative estimate of drug-likeness (QED) is 0.711. The fraction of sp³-hybridized carbons (Fsp3) is 0.200. The van der Waals surface area contributed by atoms with Gasteiger partial charge in [-0.05, 0) is 0 Å². The highest BCUT2D eigenvalue weighted by Gasteiger charge is 1.92. The van der Waals surface area contributed by atoms with Crippen molar-refractivity contribution in [2.24, 2.45) is 0 Å². The Morgan fingerprint density at radius 1 is 1.80 bits per heavy atom. The molecule has 0 unspecified atom stereocenters. The van der Waals surface area contributed by atoms with Crippen molar-refractivity contribution in [1.29, 1.82) is 0 Å². The molecule has 0 fully saturated rings. The topological polar surface area (TPSA) is 41.6 Å². The number of thioether (sulfide) groups is 1. The fourth-order valence-electron chi connectivity index (χ4n) is 0.426. The van der Waals surface area contributed by atoms with Crippen molar-refractivity contribution in [1.82, 2.24) is 15.2 Å². The van der Waals surface area contributed by atoms with Crippen molar-refractivity contribution >= 4 is 23.4 Å². The molecule has 0 aliphatic carbocycles. The molecule has 54 valence electrons. The van der Waals surface area contributed by atoms with E-state index >= 15 is 0 Å². The molecule has 0 aliphatic heterocycles. The predicted octanol–water partition coefficient (Wildman–Crippen LogP) is 1.65. The van der Waals surface area contributed by atoms with Crippen LogP contribution in [-0.2, 0) is 0 Å². The van der Waals surface area contributed by atoms with Gasteiger partial charge < -0.3 is 0 Å². The zero-order valence-corrected chi connectivity index (χ0v) is 6.69. The Kier molecular flexibility index (Phi) is 3.32. The van der Waals surface area contributed by atoms with Gasteiger partial charge in [0.05, 0.1) is 0 Å². The molecule has 0 radical (unpaired) electrons. The Hall–Kier alpha value is -0.480. The predicted molar refractivity (Wildman–Crippen MR) is 42.1 cm³/mol. The Morgan fingerprint density at radius 3 is 3.30 bits per heavy atom. The third-order valence-corrected chi connectivity index (χ3v) is 1.78. The molecule has 10 heavy (non-hydrogen) atoms. The fourth-order valence-corrected chi connectivity index (χ4v) is 1.21. The first-order valence-corrected chi connectivity index (χ1v) is 4.09. The maximum absolute atomic E-state index is 5.30. The number of aromatic nitrogens is 3. The van der Waals surface area contributed by atoms with Crippen LogP contribution >= 0.6 is 23.4 Å². The Bertz CT molecular complexity index is 197. The van der Waals surface area contributed by atoms with Gasteiger partial charge in [-0.3, -0.25) is 5.10 Å². The Balaban J connectivity index is 2.28. The number of hydrogen-bond donors (Lipinski definition) is 1. The third-order valence-electron chi connectivity index (χ3n) is 0.791. The zero-order valence-electron chi connectivity index (χ0n) is 5.12. The van der Waals surface area contributed by atoms with Gasteiger partial charge in [0.1, 0.15) is 6.33 Å². The third kappa shape index (κ3) is 2.41. The average molecular weight is 176 g/mol. The van der Waals surface area contributed by atoms with Gasteiger partial charge >= 0.3 is 0 Å². The number of H-pyrrole nitrogens is 1. The summed E-state index contributed by atoms with van der Waals surface area (Å²) in [4.78, 5) is 3.91. The van der Waals surface area contributed by atoms with Crippen molar-refractivity contribution in [3.05, 3.63) is 17.9 Å². The standard InChI is InChI=1S/C5H6ClN3S/c6-2-1-3-10-5-7-4-8-9-5/h1-2,4H,3H2,(H,7,8,9). The molecule has 1 N–H and O–H groups in total. The van der Waals surface area contributed by atoms with Gasteiger partial charge in [-0.2, -0.15) is 0 Å². The van der Waals surface area contributed by atoms with Gasteiger partial charge in [-0.15, -0.1) is 5.10 Å². The highest BCUT2D eigenvalue weighted by molar-refractivity contribution is 7.99. The van der Waals surface area contributed by atoms with Crippen molar-refractivity contribution in [2.75, 3.05) is 5.75 Å². The van der Waals surface area contributed by atoms with Crippen LogP contribution in [0.2, 0.25) is 0 Å². The second kappa shape index (κ2) is 4.35. The monoisotopic (exact) mass is 175 g/mol. The molecule has 0 atom stereocenters. The van der Waals surface area contributed by atoms with Gasteiger partial charge in [0.25, 0.3) is 0 Å². The molecule has 0 amide bonds. The second-order valence-electron chi connectivity index (χ2n) is 1.45. The van der Waals surface area contributed by atoms with E-state index < -0.39 is 0 Å². The van der Waals surface area contributed by atoms with E-state index in [0.717, 1.165) is 10.9 Å². The number of aromatic amines is 1. The minimum absolute atomic E-state index is 0.745. The summed E-state index contributed by atoms with van der Waals surface area (Å²) in [6.07, 6.45) is 3.38. The number of rotatable bonds is 3. The maximum Gasteiger partial charge on any atom is 0.208 e. The van der Waals surface area contributed by atoms with Crippen LogP contribution in [0, 0.1) is 0 Å². The first kappa shape index (κ1) is 7.63. The van der Waals surface area contributed by atoms with Crippen molar-refractivity contribution < 1.29 is 0 Å². The van der Waals surface area contributed by atoms with E-state index in [1.54, 1.807) is 6.33 Å². The molecule has 5 heteroatoms. The normalized spacial score (nSPS) is 10.9. The first-order chi connectivity index (χ1) is 4.93. The van der Waals surface area contributed by atoms with Gasteiger partial charge in [0, 0.05) is 11.3 Å². The molecule has 1 aromatic heterocycles. The van der Waals surface area contributed by atoms with Crippen molar-refractivity contribution in [3.8, 4) is 0 Å². The van der Waals surface area contributed by atoms with E-state index in [2.05, 4.69) is 15.2 Å². The van der Waals surface area contributed by atoms with Crippen LogP contribution in [0.5, 0.6) is 0 Å². The summed E-state index contributed by atoms with van der Waals surface area (Å²) in [6, 6.07) is 0. The molecule has 1 aromatic rings. The summed E-state index contributed by atoms with van der Waals surface area (Å²) in [7, 11) is 0. The molecule has 0 saturated carbocycles. The molecular formula is C5H6ClN3S. The Labute approximate surface area is 67.9 Å². The van der Waals surface area contributed by atoms with Crippen LogP contribution in [0.25, 0.3) is 0 Å². The maximum atomic E-state index is 5.30. The molecule has 1 heterocycles. The number of nitrogens with one attached hydrogen (secondary N) is 1. The second-order valence-corrected chi connectivity index (χ2v) is 2.69. The Morgan fingerprint density at radius 2 is 2.70 bits per heavy atom. The van der Waals surface area contributed by atoms with Gasteiger partial charge in [0.2, 0.25) is 5.16 Å². The van der Waals surface area contributed by atoms with E-state index in [-0.39, 0.29) is 0 Å². The molecule has 0 aromatic carbocycles. The largest absolute Gasteiger partial charge is 0.265 e. The summed E-state index contributed by atoms with van der Waals surface area (Å²) in [5.74, 6) is 0.807. The lowest BCUT2D eigenvalue weighted by Crippen LogP contribution is -1.75. The first-order valence-electron chi connectivity index (χ1n) is 2.67. The summed E-state index contributed by atoms with van der Waals surface area (Å²) < 4.78 is 0. The molecule has 0 aliphatic rings. The van der Waals surface area contributed by atoms with E-state index in [9.17, 15) is 0 Å². The van der Waals surface area contributed by atoms with Crippen LogP contribution < -0.4 is 0 Å². The van der Waals surface area contributed by atoms with E-state index in [4.69, 9.17) is 11.6 Å². The number of halogens is 1. The van der Waals surface area contributed by atoms with E-state index in [1.165, 1.54) is 17.3 Å². The lowest BCUT2D eigenvalue weighted by Gasteiger charge is -1.85. The molecule has 0 bridgehead atoms. The molecule has 0 saturated heterocycles. The summed E-state index contributed by atoms with van der Waals surface area (Å²) >= 11 is 6.83. The van der Waals surface area contributed by atoms with Crippen LogP contribution in [0.3, 0.4) is 0 Å². The lowest BCUT2D eigenvalue weighted by molar-refractivity contribution is 0.975. The van der Waals surface area contributed by atoms with Crippen LogP contribution in [-0.4, -0.2) is 20.9 Å². The average Bonchev–Trinajstić information content (AvgIpc) is 2.41. The number of hydrogen-bond acceptors (Lipinski definition) is 3. The minimum atomic E-state index is 0.745. The zero-order chi connectivity index (χ0) is 7.23. The number of nitrogens with zero attached hydrogens (tertiary/aromatic N) is 2. The van der Waals surface area contributed by atoms with E-state index in [0.29, 0.717) is 0 Å². The molecule has 1 rings (SSSR count). The molecular weight excluding hydrogens is 170 g/mol. The van der Waals surface area contributed by atoms with Crippen LogP contribution in [0.4, 0.5) is 0 Å². The summed E-state index contributed by atoms with van der Waals surface area (Å²) in [6.45, 7) is 0. The lowest BCUT2D eigenvalue weighted by atomic mass is 10.8. The van der Waals surface area contributed by atoms with Crippen LogP contribution in [0.15, 0.2) is 23.1 Å². The smallest absolute Gasteiger partial charge is 0.208 e. The van der Waals surface area contributed by atoms with Gasteiger partial charge in [-0.1, -0.05) is 29.4 Å². The SMILES string of the molecule is ClC=CCSc1nc[nH]n1.